The number of amides is 1. The monoisotopic (exact) mass is 297 g/mol. The topological polar surface area (TPSA) is 58.4 Å². The molecular formula is C17H35N3O. The zero-order valence-corrected chi connectivity index (χ0v) is 14.7. The molecule has 0 aliphatic carbocycles. The molecule has 0 aromatic rings. The summed E-state index contributed by atoms with van der Waals surface area (Å²) in [7, 11) is 1.81. The van der Waals surface area contributed by atoms with Crippen LogP contribution < -0.4 is 11.1 Å². The molecule has 124 valence electrons. The van der Waals surface area contributed by atoms with Crippen LogP contribution in [0.1, 0.15) is 59.8 Å². The van der Waals surface area contributed by atoms with Crippen molar-refractivity contribution in [1.29, 1.82) is 0 Å². The lowest BCUT2D eigenvalue weighted by Crippen LogP contribution is -2.51. The normalized spacial score (nSPS) is 24.3. The fraction of sp³-hybridized carbons (Fsp3) is 0.941. The van der Waals surface area contributed by atoms with Gasteiger partial charge in [-0.2, -0.15) is 0 Å². The first-order valence-corrected chi connectivity index (χ1v) is 8.40. The van der Waals surface area contributed by atoms with Crippen molar-refractivity contribution in [1.82, 2.24) is 10.2 Å². The highest BCUT2D eigenvalue weighted by Gasteiger charge is 2.29. The molecule has 1 saturated heterocycles. The predicted octanol–water partition coefficient (Wildman–Crippen LogP) is 2.38. The summed E-state index contributed by atoms with van der Waals surface area (Å²) in [4.78, 5) is 14.0. The Morgan fingerprint density at radius 2 is 1.90 bits per heavy atom. The number of carbonyl (C=O) groups excluding carboxylic acids is 1. The summed E-state index contributed by atoms with van der Waals surface area (Å²) in [6, 6.07) is 0. The summed E-state index contributed by atoms with van der Waals surface area (Å²) in [5.41, 5.74) is 5.33. The van der Waals surface area contributed by atoms with E-state index in [4.69, 9.17) is 5.73 Å². The van der Waals surface area contributed by atoms with Gasteiger partial charge in [0.05, 0.1) is 5.54 Å². The number of likely N-dealkylation sites (tertiary alicyclic amines) is 1. The zero-order valence-electron chi connectivity index (χ0n) is 14.7. The van der Waals surface area contributed by atoms with Crippen molar-refractivity contribution in [3.05, 3.63) is 0 Å². The van der Waals surface area contributed by atoms with E-state index < -0.39 is 5.54 Å². The molecule has 1 heterocycles. The summed E-state index contributed by atoms with van der Waals surface area (Å²) in [6.07, 6.45) is 5.75. The Morgan fingerprint density at radius 3 is 2.43 bits per heavy atom. The molecular weight excluding hydrogens is 262 g/mol. The number of rotatable bonds is 6. The fourth-order valence-electron chi connectivity index (χ4n) is 3.27. The average Bonchev–Trinajstić information content (AvgIpc) is 2.63. The molecule has 0 saturated carbocycles. The number of nitrogens with zero attached hydrogens (tertiary/aromatic N) is 1. The molecule has 0 bridgehead atoms. The molecule has 1 aliphatic rings. The van der Waals surface area contributed by atoms with Gasteiger partial charge in [0.15, 0.2) is 0 Å². The van der Waals surface area contributed by atoms with Gasteiger partial charge in [0, 0.05) is 0 Å². The molecule has 1 aliphatic heterocycles. The lowest BCUT2D eigenvalue weighted by molar-refractivity contribution is -0.123. The van der Waals surface area contributed by atoms with E-state index in [1.807, 2.05) is 14.0 Å². The van der Waals surface area contributed by atoms with Gasteiger partial charge in [-0.05, 0) is 77.0 Å². The van der Waals surface area contributed by atoms with Gasteiger partial charge in [-0.1, -0.05) is 20.8 Å². The highest BCUT2D eigenvalue weighted by Crippen LogP contribution is 2.34. The number of nitrogens with one attached hydrogen (secondary N) is 1. The molecule has 1 fully saturated rings. The number of carbonyl (C=O) groups is 1. The number of nitrogens with two attached hydrogens (primary N) is 1. The van der Waals surface area contributed by atoms with Crippen LogP contribution in [0, 0.1) is 11.3 Å². The van der Waals surface area contributed by atoms with Crippen molar-refractivity contribution in [2.75, 3.05) is 26.7 Å². The van der Waals surface area contributed by atoms with E-state index in [1.165, 1.54) is 32.4 Å². The predicted molar refractivity (Wildman–Crippen MR) is 89.1 cm³/mol. The van der Waals surface area contributed by atoms with E-state index in [0.29, 0.717) is 5.41 Å². The molecule has 2 unspecified atom stereocenters. The van der Waals surface area contributed by atoms with E-state index >= 15 is 0 Å². The highest BCUT2D eigenvalue weighted by atomic mass is 16.1. The van der Waals surface area contributed by atoms with Crippen LogP contribution in [-0.4, -0.2) is 43.0 Å². The molecule has 0 aromatic carbocycles. The lowest BCUT2D eigenvalue weighted by atomic mass is 9.77. The van der Waals surface area contributed by atoms with Crippen LogP contribution in [0.3, 0.4) is 0 Å². The first-order valence-electron chi connectivity index (χ1n) is 8.40. The van der Waals surface area contributed by atoms with Gasteiger partial charge in [-0.25, -0.2) is 0 Å². The Balaban J connectivity index is 2.39. The van der Waals surface area contributed by atoms with Gasteiger partial charge in [0.2, 0.25) is 5.91 Å². The van der Waals surface area contributed by atoms with Crippen LogP contribution in [0.15, 0.2) is 0 Å². The minimum Gasteiger partial charge on any atom is -0.368 e. The first kappa shape index (κ1) is 18.4. The van der Waals surface area contributed by atoms with E-state index in [2.05, 4.69) is 31.0 Å². The second-order valence-electron chi connectivity index (χ2n) is 7.89. The van der Waals surface area contributed by atoms with Crippen LogP contribution in [0.4, 0.5) is 0 Å². The van der Waals surface area contributed by atoms with Crippen LogP contribution in [-0.2, 0) is 4.79 Å². The SMILES string of the molecule is CNC(C)(CCCN1CCCC(C(C)(C)C)CC1)C(N)=O. The van der Waals surface area contributed by atoms with Crippen LogP contribution in [0.25, 0.3) is 0 Å². The van der Waals surface area contributed by atoms with Gasteiger partial charge >= 0.3 is 0 Å². The molecule has 1 rings (SSSR count). The third kappa shape index (κ3) is 5.59. The summed E-state index contributed by atoms with van der Waals surface area (Å²) in [5.74, 6) is 0.573. The second-order valence-corrected chi connectivity index (χ2v) is 7.89. The third-order valence-electron chi connectivity index (χ3n) is 5.29. The van der Waals surface area contributed by atoms with Crippen LogP contribution in [0.2, 0.25) is 0 Å². The molecule has 4 nitrogen and oxygen atoms in total. The summed E-state index contributed by atoms with van der Waals surface area (Å²) >= 11 is 0. The summed E-state index contributed by atoms with van der Waals surface area (Å²) in [6.45, 7) is 12.4. The Bertz CT molecular complexity index is 337. The molecule has 4 heteroatoms. The quantitative estimate of drug-likeness (QED) is 0.791. The van der Waals surface area contributed by atoms with Crippen molar-refractivity contribution < 1.29 is 4.79 Å². The number of likely N-dealkylation sites (N-methyl/N-ethyl adjacent to an activating group) is 1. The van der Waals surface area contributed by atoms with E-state index in [9.17, 15) is 4.79 Å². The molecule has 0 spiro atoms. The number of hydrogen-bond donors (Lipinski definition) is 2. The molecule has 0 aromatic heterocycles. The summed E-state index contributed by atoms with van der Waals surface area (Å²) < 4.78 is 0. The van der Waals surface area contributed by atoms with Crippen molar-refractivity contribution in [3.63, 3.8) is 0 Å². The van der Waals surface area contributed by atoms with Gasteiger partial charge < -0.3 is 16.0 Å². The Kier molecular flexibility index (Phi) is 6.67. The van der Waals surface area contributed by atoms with Crippen LogP contribution >= 0.6 is 0 Å². The lowest BCUT2D eigenvalue weighted by Gasteiger charge is -2.30. The Hall–Kier alpha value is -0.610. The van der Waals surface area contributed by atoms with Gasteiger partial charge in [-0.15, -0.1) is 0 Å². The number of hydrogen-bond acceptors (Lipinski definition) is 3. The van der Waals surface area contributed by atoms with Gasteiger partial charge in [-0.3, -0.25) is 4.79 Å². The maximum Gasteiger partial charge on any atom is 0.237 e. The van der Waals surface area contributed by atoms with E-state index in [-0.39, 0.29) is 5.91 Å². The minimum atomic E-state index is -0.570. The minimum absolute atomic E-state index is 0.256. The fourth-order valence-corrected chi connectivity index (χ4v) is 3.27. The Labute approximate surface area is 130 Å². The smallest absolute Gasteiger partial charge is 0.237 e. The first-order chi connectivity index (χ1) is 9.69. The van der Waals surface area contributed by atoms with E-state index in [0.717, 1.165) is 25.3 Å². The van der Waals surface area contributed by atoms with Crippen molar-refractivity contribution in [3.8, 4) is 0 Å². The molecule has 21 heavy (non-hydrogen) atoms. The van der Waals surface area contributed by atoms with E-state index in [1.54, 1.807) is 0 Å². The van der Waals surface area contributed by atoms with Crippen molar-refractivity contribution in [2.45, 2.75) is 65.3 Å². The third-order valence-corrected chi connectivity index (χ3v) is 5.29. The standard InChI is InChI=1S/C17H35N3O/c1-16(2,3)14-8-6-11-20(13-9-14)12-7-10-17(4,19-5)15(18)21/h14,19H,6-13H2,1-5H3,(H2,18,21). The van der Waals surface area contributed by atoms with Crippen molar-refractivity contribution in [2.24, 2.45) is 17.1 Å². The van der Waals surface area contributed by atoms with Gasteiger partial charge in [0.25, 0.3) is 0 Å². The van der Waals surface area contributed by atoms with Crippen molar-refractivity contribution >= 4 is 5.91 Å². The van der Waals surface area contributed by atoms with Crippen LogP contribution in [0.5, 0.6) is 0 Å². The average molecular weight is 297 g/mol. The second kappa shape index (κ2) is 7.59. The maximum atomic E-state index is 11.5. The molecule has 0 radical (unpaired) electrons. The Morgan fingerprint density at radius 1 is 1.24 bits per heavy atom. The number of primary amides is 1. The largest absolute Gasteiger partial charge is 0.368 e. The summed E-state index contributed by atoms with van der Waals surface area (Å²) in [5, 5.41) is 3.06. The zero-order chi connectivity index (χ0) is 16.1. The van der Waals surface area contributed by atoms with Gasteiger partial charge in [0.1, 0.15) is 0 Å². The molecule has 3 N–H and O–H groups in total. The maximum absolute atomic E-state index is 11.5. The molecule has 2 atom stereocenters. The highest BCUT2D eigenvalue weighted by molar-refractivity contribution is 5.84. The molecule has 1 amide bonds.